The van der Waals surface area contributed by atoms with E-state index in [2.05, 4.69) is 22.5 Å². The predicted octanol–water partition coefficient (Wildman–Crippen LogP) is 3.34. The number of benzene rings is 1. The van der Waals surface area contributed by atoms with E-state index in [0.29, 0.717) is 18.4 Å². The molecule has 2 aromatic rings. The molecule has 1 aromatic heterocycles. The number of carbonyl (C=O) groups excluding carboxylic acids is 1. The van der Waals surface area contributed by atoms with Crippen LogP contribution in [-0.4, -0.2) is 26.7 Å². The Morgan fingerprint density at radius 3 is 2.55 bits per heavy atom. The lowest BCUT2D eigenvalue weighted by Crippen LogP contribution is -2.38. The van der Waals surface area contributed by atoms with Gasteiger partial charge in [-0.3, -0.25) is 4.79 Å². The van der Waals surface area contributed by atoms with Crippen LogP contribution in [0.1, 0.15) is 68.2 Å². The van der Waals surface area contributed by atoms with Crippen molar-refractivity contribution in [3.05, 3.63) is 47.5 Å². The van der Waals surface area contributed by atoms with Crippen molar-refractivity contribution >= 4 is 18.3 Å². The number of nitrogens with one attached hydrogen (secondary N) is 1. The largest absolute Gasteiger partial charge is 0.352 e. The van der Waals surface area contributed by atoms with Crippen LogP contribution < -0.4 is 11.1 Å². The first-order valence-electron chi connectivity index (χ1n) is 10.7. The summed E-state index contributed by atoms with van der Waals surface area (Å²) in [6.07, 6.45) is 9.92. The average Bonchev–Trinajstić information content (AvgIpc) is 3.42. The molecular weight excluding hydrogens is 386 g/mol. The molecule has 0 radical (unpaired) electrons. The highest BCUT2D eigenvalue weighted by Crippen LogP contribution is 2.32. The van der Waals surface area contributed by atoms with Gasteiger partial charge in [0.2, 0.25) is 5.91 Å². The number of amides is 1. The summed E-state index contributed by atoms with van der Waals surface area (Å²) >= 11 is 0. The van der Waals surface area contributed by atoms with Crippen molar-refractivity contribution in [1.82, 2.24) is 20.1 Å². The SMILES string of the molecule is Cl.N[C@H](Cc1ccccc1)c1nc(CC2CC2)nn1CC(=O)NC1CCCCC1. The summed E-state index contributed by atoms with van der Waals surface area (Å²) in [6.45, 7) is 0.200. The summed E-state index contributed by atoms with van der Waals surface area (Å²) in [6, 6.07) is 10.2. The van der Waals surface area contributed by atoms with Crippen LogP contribution in [0.5, 0.6) is 0 Å². The Kier molecular flexibility index (Phi) is 7.67. The van der Waals surface area contributed by atoms with Gasteiger partial charge in [-0.05, 0) is 43.6 Å². The molecule has 0 unspecified atom stereocenters. The summed E-state index contributed by atoms with van der Waals surface area (Å²) in [5, 5.41) is 7.83. The minimum Gasteiger partial charge on any atom is -0.352 e. The molecule has 1 atom stereocenters. The first-order chi connectivity index (χ1) is 13.7. The number of nitrogens with zero attached hydrogens (tertiary/aromatic N) is 3. The Labute approximate surface area is 179 Å². The van der Waals surface area contributed by atoms with Gasteiger partial charge in [0.1, 0.15) is 12.4 Å². The van der Waals surface area contributed by atoms with Gasteiger partial charge in [-0.1, -0.05) is 49.6 Å². The number of hydrogen-bond acceptors (Lipinski definition) is 4. The highest BCUT2D eigenvalue weighted by molar-refractivity contribution is 5.85. The van der Waals surface area contributed by atoms with Crippen molar-refractivity contribution in [1.29, 1.82) is 0 Å². The van der Waals surface area contributed by atoms with E-state index >= 15 is 0 Å². The van der Waals surface area contributed by atoms with Crippen molar-refractivity contribution < 1.29 is 4.79 Å². The molecule has 2 fully saturated rings. The maximum absolute atomic E-state index is 12.6. The predicted molar refractivity (Wildman–Crippen MR) is 116 cm³/mol. The lowest BCUT2D eigenvalue weighted by molar-refractivity contribution is -0.122. The third kappa shape index (κ3) is 6.28. The molecule has 3 N–H and O–H groups in total. The highest BCUT2D eigenvalue weighted by Gasteiger charge is 2.26. The first-order valence-corrected chi connectivity index (χ1v) is 10.7. The molecule has 0 spiro atoms. The maximum atomic E-state index is 12.6. The molecular formula is C22H32ClN5O. The summed E-state index contributed by atoms with van der Waals surface area (Å²) in [4.78, 5) is 17.4. The fourth-order valence-electron chi connectivity index (χ4n) is 4.08. The van der Waals surface area contributed by atoms with Gasteiger partial charge in [0, 0.05) is 12.5 Å². The van der Waals surface area contributed by atoms with Crippen LogP contribution in [0.2, 0.25) is 0 Å². The number of rotatable bonds is 8. The van der Waals surface area contributed by atoms with E-state index in [-0.39, 0.29) is 30.9 Å². The quantitative estimate of drug-likeness (QED) is 0.689. The average molecular weight is 418 g/mol. The molecule has 2 aliphatic rings. The second-order valence-corrected chi connectivity index (χ2v) is 8.39. The zero-order chi connectivity index (χ0) is 19.3. The molecule has 4 rings (SSSR count). The van der Waals surface area contributed by atoms with Crippen LogP contribution in [0.4, 0.5) is 0 Å². The second-order valence-electron chi connectivity index (χ2n) is 8.39. The molecule has 1 aromatic carbocycles. The Morgan fingerprint density at radius 2 is 1.86 bits per heavy atom. The van der Waals surface area contributed by atoms with Crippen molar-refractivity contribution in [2.75, 3.05) is 0 Å². The molecule has 158 valence electrons. The summed E-state index contributed by atoms with van der Waals surface area (Å²) in [5.74, 6) is 2.26. The Bertz CT molecular complexity index is 784. The minimum absolute atomic E-state index is 0. The van der Waals surface area contributed by atoms with Crippen molar-refractivity contribution in [3.8, 4) is 0 Å². The molecule has 0 bridgehead atoms. The number of halogens is 1. The Morgan fingerprint density at radius 1 is 1.14 bits per heavy atom. The summed E-state index contributed by atoms with van der Waals surface area (Å²) < 4.78 is 1.74. The monoisotopic (exact) mass is 417 g/mol. The van der Waals surface area contributed by atoms with E-state index in [4.69, 9.17) is 10.7 Å². The lowest BCUT2D eigenvalue weighted by Gasteiger charge is -2.23. The van der Waals surface area contributed by atoms with E-state index in [1.54, 1.807) is 4.68 Å². The van der Waals surface area contributed by atoms with Gasteiger partial charge >= 0.3 is 0 Å². The van der Waals surface area contributed by atoms with Crippen molar-refractivity contribution in [3.63, 3.8) is 0 Å². The zero-order valence-electron chi connectivity index (χ0n) is 16.9. The molecule has 29 heavy (non-hydrogen) atoms. The molecule has 1 amide bonds. The van der Waals surface area contributed by atoms with E-state index < -0.39 is 0 Å². The third-order valence-electron chi connectivity index (χ3n) is 5.81. The van der Waals surface area contributed by atoms with Crippen molar-refractivity contribution in [2.45, 2.75) is 76.4 Å². The maximum Gasteiger partial charge on any atom is 0.242 e. The van der Waals surface area contributed by atoms with Gasteiger partial charge < -0.3 is 11.1 Å². The smallest absolute Gasteiger partial charge is 0.242 e. The summed E-state index contributed by atoms with van der Waals surface area (Å²) in [7, 11) is 0. The van der Waals surface area contributed by atoms with Gasteiger partial charge in [-0.15, -0.1) is 12.4 Å². The lowest BCUT2D eigenvalue weighted by atomic mass is 9.95. The van der Waals surface area contributed by atoms with Crippen molar-refractivity contribution in [2.24, 2.45) is 11.7 Å². The van der Waals surface area contributed by atoms with Gasteiger partial charge in [-0.2, -0.15) is 5.10 Å². The molecule has 2 aliphatic carbocycles. The normalized spacial score (nSPS) is 18.1. The standard InChI is InChI=1S/C22H31N5O.ClH/c23-19(13-16-7-3-1-4-8-16)22-25-20(14-17-11-12-17)26-27(22)15-21(28)24-18-9-5-2-6-10-18;/h1,3-4,7-8,17-19H,2,5-6,9-15,23H2,(H,24,28);1H/t19-;/m1./s1. The van der Waals surface area contributed by atoms with Gasteiger partial charge in [0.25, 0.3) is 0 Å². The molecule has 1 heterocycles. The Balaban J connectivity index is 0.00000240. The third-order valence-corrected chi connectivity index (χ3v) is 5.81. The van der Waals surface area contributed by atoms with Gasteiger partial charge in [0.05, 0.1) is 6.04 Å². The zero-order valence-corrected chi connectivity index (χ0v) is 17.7. The Hall–Kier alpha value is -1.92. The highest BCUT2D eigenvalue weighted by atomic mass is 35.5. The van der Waals surface area contributed by atoms with Crippen LogP contribution in [0.15, 0.2) is 30.3 Å². The second kappa shape index (κ2) is 10.2. The van der Waals surface area contributed by atoms with Crippen LogP contribution in [-0.2, 0) is 24.2 Å². The molecule has 2 saturated carbocycles. The van der Waals surface area contributed by atoms with Crippen LogP contribution in [0.3, 0.4) is 0 Å². The fourth-order valence-corrected chi connectivity index (χ4v) is 4.08. The van der Waals surface area contributed by atoms with E-state index in [9.17, 15) is 4.79 Å². The molecule has 7 heteroatoms. The number of hydrogen-bond donors (Lipinski definition) is 2. The topological polar surface area (TPSA) is 85.8 Å². The molecule has 0 saturated heterocycles. The number of nitrogens with two attached hydrogens (primary N) is 1. The van der Waals surface area contributed by atoms with E-state index in [0.717, 1.165) is 30.9 Å². The van der Waals surface area contributed by atoms with Gasteiger partial charge in [0.15, 0.2) is 5.82 Å². The summed E-state index contributed by atoms with van der Waals surface area (Å²) in [5.41, 5.74) is 7.66. The van der Waals surface area contributed by atoms with Crippen LogP contribution in [0.25, 0.3) is 0 Å². The van der Waals surface area contributed by atoms with Crippen LogP contribution in [0, 0.1) is 5.92 Å². The fraction of sp³-hybridized carbons (Fsp3) is 0.591. The molecule has 0 aliphatic heterocycles. The number of aromatic nitrogens is 3. The molecule has 6 nitrogen and oxygen atoms in total. The minimum atomic E-state index is -0.273. The van der Waals surface area contributed by atoms with Gasteiger partial charge in [-0.25, -0.2) is 9.67 Å². The van der Waals surface area contributed by atoms with Crippen LogP contribution >= 0.6 is 12.4 Å². The first kappa shape index (κ1) is 21.8. The number of carbonyl (C=O) groups is 1. The van der Waals surface area contributed by atoms with E-state index in [1.165, 1.54) is 37.7 Å². The van der Waals surface area contributed by atoms with E-state index in [1.807, 2.05) is 18.2 Å².